The van der Waals surface area contributed by atoms with Gasteiger partial charge in [0.05, 0.1) is 12.4 Å². The van der Waals surface area contributed by atoms with Crippen LogP contribution in [0.2, 0.25) is 0 Å². The second-order valence-corrected chi connectivity index (χ2v) is 4.30. The topological polar surface area (TPSA) is 43.2 Å². The highest BCUT2D eigenvalue weighted by molar-refractivity contribution is 6.51. The Morgan fingerprint density at radius 3 is 2.95 bits per heavy atom. The summed E-state index contributed by atoms with van der Waals surface area (Å²) in [6.07, 6.45) is 3.36. The van der Waals surface area contributed by atoms with E-state index < -0.39 is 0 Å². The fourth-order valence-corrected chi connectivity index (χ4v) is 1.91. The van der Waals surface area contributed by atoms with E-state index in [0.717, 1.165) is 22.2 Å². The summed E-state index contributed by atoms with van der Waals surface area (Å²) in [7, 11) is 1.61. The number of hydrogen-bond acceptors (Lipinski definition) is 4. The Kier molecular flexibility index (Phi) is 3.78. The zero-order chi connectivity index (χ0) is 13.6. The highest BCUT2D eigenvalue weighted by Gasteiger charge is 2.13. The molecule has 0 aliphatic carbocycles. The summed E-state index contributed by atoms with van der Waals surface area (Å²) in [4.78, 5) is 5.30. The molecule has 5 heteroatoms. The molecule has 0 spiro atoms. The fraction of sp³-hybridized carbons (Fsp3) is 0.0667. The van der Waals surface area contributed by atoms with Gasteiger partial charge >= 0.3 is 7.48 Å². The van der Waals surface area contributed by atoms with E-state index in [2.05, 4.69) is 10.3 Å². The minimum absolute atomic E-state index is 0.452. The minimum atomic E-state index is 0.452. The summed E-state index contributed by atoms with van der Waals surface area (Å²) in [6.45, 7) is 0.452. The second-order valence-electron chi connectivity index (χ2n) is 4.30. The normalized spacial score (nSPS) is 12.6. The summed E-state index contributed by atoms with van der Waals surface area (Å²) in [6, 6.07) is 15.8. The maximum absolute atomic E-state index is 5.30. The molecule has 20 heavy (non-hydrogen) atoms. The third-order valence-electron chi connectivity index (χ3n) is 2.94. The zero-order valence-corrected chi connectivity index (χ0v) is 10.8. The molecule has 0 saturated heterocycles. The van der Waals surface area contributed by atoms with Gasteiger partial charge in [0.15, 0.2) is 0 Å². The first-order chi connectivity index (χ1) is 9.93. The van der Waals surface area contributed by atoms with Crippen LogP contribution in [0.15, 0.2) is 58.8 Å². The maximum atomic E-state index is 5.30. The third kappa shape index (κ3) is 2.88. The van der Waals surface area contributed by atoms with Gasteiger partial charge in [0.2, 0.25) is 0 Å². The Labute approximate surface area is 118 Å². The highest BCUT2D eigenvalue weighted by atomic mass is 16.6. The molecular formula is C15H12BN2O2. The molecule has 97 valence electrons. The number of rotatable bonds is 4. The van der Waals surface area contributed by atoms with Gasteiger partial charge in [0, 0.05) is 0 Å². The van der Waals surface area contributed by atoms with Crippen LogP contribution in [0.3, 0.4) is 0 Å². The molecule has 1 radical (unpaired) electrons. The number of nitrogens with zero attached hydrogens (tertiary/aromatic N) is 2. The molecule has 0 amide bonds. The van der Waals surface area contributed by atoms with Crippen LogP contribution in [0.25, 0.3) is 0 Å². The molecule has 0 fully saturated rings. The van der Waals surface area contributed by atoms with Crippen molar-refractivity contribution in [3.8, 4) is 0 Å². The molecule has 2 aromatic rings. The van der Waals surface area contributed by atoms with Crippen molar-refractivity contribution in [3.05, 3.63) is 65.2 Å². The Bertz CT molecular complexity index is 642. The summed E-state index contributed by atoms with van der Waals surface area (Å²) in [5.74, 6) is 0. The van der Waals surface area contributed by atoms with Gasteiger partial charge in [-0.2, -0.15) is 0 Å². The average molecular weight is 263 g/mol. The molecule has 3 rings (SSSR count). The van der Waals surface area contributed by atoms with Crippen LogP contribution in [0.4, 0.5) is 0 Å². The molecule has 0 bridgehead atoms. The van der Waals surface area contributed by atoms with E-state index in [-0.39, 0.29) is 0 Å². The Morgan fingerprint density at radius 1 is 1.15 bits per heavy atom. The summed E-state index contributed by atoms with van der Waals surface area (Å²) < 4.78 is 4.95. The first-order valence-corrected chi connectivity index (χ1v) is 6.28. The Morgan fingerprint density at radius 2 is 2.05 bits per heavy atom. The second kappa shape index (κ2) is 6.06. The van der Waals surface area contributed by atoms with Crippen molar-refractivity contribution in [2.75, 3.05) is 0 Å². The number of oxime groups is 2. The van der Waals surface area contributed by atoms with Crippen molar-refractivity contribution in [1.82, 2.24) is 0 Å². The Hall–Kier alpha value is -2.56. The lowest BCUT2D eigenvalue weighted by Gasteiger charge is -2.10. The standard InChI is InChI=1S/C15H12BN2O2/c1-2-5-12(6-3-1)11-19-17-9-13-7-4-8-14-10-18-20-16-15(13)14/h1-10H,11H2/b17-9+. The van der Waals surface area contributed by atoms with Gasteiger partial charge in [-0.05, 0) is 22.2 Å². The number of benzene rings is 2. The predicted octanol–water partition coefficient (Wildman–Crippen LogP) is 1.85. The Balaban J connectivity index is 1.66. The summed E-state index contributed by atoms with van der Waals surface area (Å²) in [5.41, 5.74) is 3.97. The molecule has 1 heterocycles. The van der Waals surface area contributed by atoms with Crippen molar-refractivity contribution in [2.45, 2.75) is 6.61 Å². The lowest BCUT2D eigenvalue weighted by Crippen LogP contribution is -2.28. The molecular weight excluding hydrogens is 251 g/mol. The van der Waals surface area contributed by atoms with Crippen molar-refractivity contribution in [1.29, 1.82) is 0 Å². The molecule has 0 saturated carbocycles. The SMILES string of the molecule is [B]1ON=Cc2cccc(/C=N/OCc3ccccc3)c21. The van der Waals surface area contributed by atoms with Crippen LogP contribution >= 0.6 is 0 Å². The zero-order valence-electron chi connectivity index (χ0n) is 10.8. The monoisotopic (exact) mass is 263 g/mol. The van der Waals surface area contributed by atoms with Gasteiger partial charge in [-0.3, -0.25) is 0 Å². The van der Waals surface area contributed by atoms with Crippen molar-refractivity contribution in [2.24, 2.45) is 10.3 Å². The molecule has 0 unspecified atom stereocenters. The van der Waals surface area contributed by atoms with Crippen LogP contribution in [-0.4, -0.2) is 19.9 Å². The minimum Gasteiger partial charge on any atom is -0.468 e. The van der Waals surface area contributed by atoms with Crippen LogP contribution in [0.5, 0.6) is 0 Å². The molecule has 1 aliphatic rings. The molecule has 0 N–H and O–H groups in total. The van der Waals surface area contributed by atoms with Gasteiger partial charge in [-0.1, -0.05) is 53.7 Å². The first kappa shape index (κ1) is 12.5. The van der Waals surface area contributed by atoms with Crippen LogP contribution in [-0.2, 0) is 16.2 Å². The summed E-state index contributed by atoms with van der Waals surface area (Å²) in [5, 5.41) is 7.74. The average Bonchev–Trinajstić information content (AvgIpc) is 2.53. The quantitative estimate of drug-likeness (QED) is 0.480. The van der Waals surface area contributed by atoms with Gasteiger partial charge in [-0.15, -0.1) is 5.16 Å². The first-order valence-electron chi connectivity index (χ1n) is 6.28. The van der Waals surface area contributed by atoms with E-state index in [4.69, 9.17) is 9.59 Å². The van der Waals surface area contributed by atoms with Crippen LogP contribution in [0, 0.1) is 0 Å². The van der Waals surface area contributed by atoms with Gasteiger partial charge in [0.25, 0.3) is 0 Å². The van der Waals surface area contributed by atoms with Gasteiger partial charge < -0.3 is 9.59 Å². The molecule has 1 aliphatic heterocycles. The smallest absolute Gasteiger partial charge is 0.450 e. The van der Waals surface area contributed by atoms with Crippen molar-refractivity contribution >= 4 is 25.4 Å². The van der Waals surface area contributed by atoms with E-state index >= 15 is 0 Å². The molecule has 0 atom stereocenters. The maximum Gasteiger partial charge on any atom is 0.450 e. The van der Waals surface area contributed by atoms with E-state index in [1.807, 2.05) is 48.5 Å². The number of hydrogen-bond donors (Lipinski definition) is 0. The van der Waals surface area contributed by atoms with E-state index in [1.165, 1.54) is 0 Å². The third-order valence-corrected chi connectivity index (χ3v) is 2.94. The molecule has 0 aromatic heterocycles. The lowest BCUT2D eigenvalue weighted by atomic mass is 9.80. The lowest BCUT2D eigenvalue weighted by molar-refractivity contribution is 0.132. The largest absolute Gasteiger partial charge is 0.468 e. The van der Waals surface area contributed by atoms with E-state index in [9.17, 15) is 0 Å². The van der Waals surface area contributed by atoms with Gasteiger partial charge in [-0.25, -0.2) is 0 Å². The van der Waals surface area contributed by atoms with Crippen molar-refractivity contribution < 1.29 is 9.59 Å². The highest BCUT2D eigenvalue weighted by Crippen LogP contribution is 2.03. The summed E-state index contributed by atoms with van der Waals surface area (Å²) >= 11 is 0. The predicted molar refractivity (Wildman–Crippen MR) is 79.3 cm³/mol. The fourth-order valence-electron chi connectivity index (χ4n) is 1.91. The number of fused-ring (bicyclic) bond motifs is 1. The van der Waals surface area contributed by atoms with Crippen LogP contribution < -0.4 is 5.46 Å². The molecule has 4 nitrogen and oxygen atoms in total. The molecule has 2 aromatic carbocycles. The van der Waals surface area contributed by atoms with Crippen molar-refractivity contribution in [3.63, 3.8) is 0 Å². The van der Waals surface area contributed by atoms with E-state index in [0.29, 0.717) is 6.61 Å². The van der Waals surface area contributed by atoms with E-state index in [1.54, 1.807) is 19.9 Å². The van der Waals surface area contributed by atoms with Crippen LogP contribution in [0.1, 0.15) is 16.7 Å². The van der Waals surface area contributed by atoms with Gasteiger partial charge in [0.1, 0.15) is 6.61 Å².